The molecule has 2 heterocycles. The molecular formula is C11H20NO3S+. The van der Waals surface area contributed by atoms with E-state index in [9.17, 15) is 8.42 Å². The zero-order valence-electron chi connectivity index (χ0n) is 9.90. The summed E-state index contributed by atoms with van der Waals surface area (Å²) in [6.07, 6.45) is 1.59. The average molecular weight is 246 g/mol. The first kappa shape index (κ1) is 12.1. The molecule has 0 radical (unpaired) electrons. The fraction of sp³-hybridized carbons (Fsp3) is 0.818. The summed E-state index contributed by atoms with van der Waals surface area (Å²) in [6.45, 7) is 10.6. The standard InChI is InChI=1S/C11H19NO3S/c1-4-9-10(11(2,3)16(9,13)14)12-5-7-15-8-6-12/h4,9-10H,1,5-8H2,2-3H3/p+1/t9-,10-/m0/s1. The van der Waals surface area contributed by atoms with E-state index in [1.807, 2.05) is 13.8 Å². The van der Waals surface area contributed by atoms with Crippen molar-refractivity contribution < 1.29 is 18.1 Å². The summed E-state index contributed by atoms with van der Waals surface area (Å²) in [5.41, 5.74) is 0. The van der Waals surface area contributed by atoms with Gasteiger partial charge >= 0.3 is 0 Å². The van der Waals surface area contributed by atoms with Gasteiger partial charge in [-0.05, 0) is 13.8 Å². The second-order valence-corrected chi connectivity index (χ2v) is 7.78. The number of nitrogens with one attached hydrogen (secondary N) is 1. The smallest absolute Gasteiger partial charge is 0.173 e. The fourth-order valence-electron chi connectivity index (χ4n) is 2.96. The Morgan fingerprint density at radius 3 is 2.44 bits per heavy atom. The van der Waals surface area contributed by atoms with Crippen LogP contribution in [0.1, 0.15) is 13.8 Å². The molecule has 2 aliphatic heterocycles. The summed E-state index contributed by atoms with van der Waals surface area (Å²) in [5, 5.41) is -0.379. The molecule has 0 spiro atoms. The molecular weight excluding hydrogens is 226 g/mol. The monoisotopic (exact) mass is 246 g/mol. The third kappa shape index (κ3) is 1.45. The molecule has 2 aliphatic rings. The van der Waals surface area contributed by atoms with E-state index >= 15 is 0 Å². The Balaban J connectivity index is 2.24. The normalized spacial score (nSPS) is 37.6. The number of hydrogen-bond donors (Lipinski definition) is 1. The van der Waals surface area contributed by atoms with Gasteiger partial charge < -0.3 is 9.64 Å². The molecule has 0 aromatic heterocycles. The molecule has 2 atom stereocenters. The summed E-state index contributed by atoms with van der Waals surface area (Å²) >= 11 is 0. The highest BCUT2D eigenvalue weighted by molar-refractivity contribution is 7.95. The first-order valence-electron chi connectivity index (χ1n) is 5.71. The van der Waals surface area contributed by atoms with Crippen LogP contribution in [-0.4, -0.2) is 50.8 Å². The molecule has 2 fully saturated rings. The minimum Gasteiger partial charge on any atom is -0.370 e. The lowest BCUT2D eigenvalue weighted by atomic mass is 9.95. The Kier molecular flexibility index (Phi) is 2.88. The molecule has 16 heavy (non-hydrogen) atoms. The summed E-state index contributed by atoms with van der Waals surface area (Å²) in [7, 11) is -3.03. The van der Waals surface area contributed by atoms with Crippen molar-refractivity contribution in [1.29, 1.82) is 0 Å². The van der Waals surface area contributed by atoms with Crippen LogP contribution in [0.3, 0.4) is 0 Å². The molecule has 92 valence electrons. The van der Waals surface area contributed by atoms with Gasteiger partial charge in [0.2, 0.25) is 0 Å². The Hall–Kier alpha value is -0.390. The van der Waals surface area contributed by atoms with Crippen LogP contribution in [0.4, 0.5) is 0 Å². The zero-order chi connectivity index (χ0) is 12.0. The maximum atomic E-state index is 12.0. The number of sulfone groups is 1. The Morgan fingerprint density at radius 2 is 1.94 bits per heavy atom. The average Bonchev–Trinajstić information content (AvgIpc) is 2.25. The van der Waals surface area contributed by atoms with E-state index in [1.165, 1.54) is 4.90 Å². The molecule has 1 N–H and O–H groups in total. The number of ether oxygens (including phenoxy) is 1. The Bertz CT molecular complexity index is 382. The predicted octanol–water partition coefficient (Wildman–Crippen LogP) is -0.968. The molecule has 0 aromatic carbocycles. The van der Waals surface area contributed by atoms with Gasteiger partial charge in [-0.2, -0.15) is 0 Å². The minimum absolute atomic E-state index is 0.138. The van der Waals surface area contributed by atoms with Crippen LogP contribution in [0, 0.1) is 0 Å². The van der Waals surface area contributed by atoms with E-state index in [2.05, 4.69) is 6.58 Å². The molecule has 0 amide bonds. The first-order valence-corrected chi connectivity index (χ1v) is 7.26. The van der Waals surface area contributed by atoms with Gasteiger partial charge in [-0.3, -0.25) is 0 Å². The molecule has 0 bridgehead atoms. The lowest BCUT2D eigenvalue weighted by molar-refractivity contribution is -0.935. The first-order chi connectivity index (χ1) is 7.43. The van der Waals surface area contributed by atoms with E-state index in [1.54, 1.807) is 6.08 Å². The van der Waals surface area contributed by atoms with Gasteiger partial charge in [0, 0.05) is 0 Å². The van der Waals surface area contributed by atoms with Crippen LogP contribution < -0.4 is 4.90 Å². The van der Waals surface area contributed by atoms with Crippen molar-refractivity contribution in [2.75, 3.05) is 26.3 Å². The van der Waals surface area contributed by atoms with Crippen molar-refractivity contribution in [1.82, 2.24) is 0 Å². The fourth-order valence-corrected chi connectivity index (χ4v) is 5.25. The van der Waals surface area contributed by atoms with Crippen molar-refractivity contribution in [3.05, 3.63) is 12.7 Å². The highest BCUT2D eigenvalue weighted by Gasteiger charge is 2.65. The van der Waals surface area contributed by atoms with Crippen LogP contribution in [0.25, 0.3) is 0 Å². The van der Waals surface area contributed by atoms with Crippen LogP contribution in [0.2, 0.25) is 0 Å². The quantitative estimate of drug-likeness (QED) is 0.638. The van der Waals surface area contributed by atoms with E-state index in [-0.39, 0.29) is 11.3 Å². The van der Waals surface area contributed by atoms with E-state index in [0.717, 1.165) is 26.3 Å². The second kappa shape index (κ2) is 3.82. The van der Waals surface area contributed by atoms with Gasteiger partial charge in [0.1, 0.15) is 29.1 Å². The number of rotatable bonds is 2. The molecule has 0 unspecified atom stereocenters. The van der Waals surface area contributed by atoms with Crippen molar-refractivity contribution in [3.63, 3.8) is 0 Å². The second-order valence-electron chi connectivity index (χ2n) is 5.10. The lowest BCUT2D eigenvalue weighted by Crippen LogP contribution is -3.23. The van der Waals surface area contributed by atoms with Crippen molar-refractivity contribution in [2.24, 2.45) is 0 Å². The Labute approximate surface area is 97.2 Å². The Morgan fingerprint density at radius 1 is 1.38 bits per heavy atom. The largest absolute Gasteiger partial charge is 0.370 e. The molecule has 5 heteroatoms. The number of hydrogen-bond acceptors (Lipinski definition) is 3. The van der Waals surface area contributed by atoms with Crippen molar-refractivity contribution in [2.45, 2.75) is 29.9 Å². The van der Waals surface area contributed by atoms with Gasteiger partial charge in [-0.1, -0.05) is 6.08 Å². The number of morpholine rings is 1. The molecule has 2 saturated heterocycles. The van der Waals surface area contributed by atoms with E-state index in [4.69, 9.17) is 4.74 Å². The molecule has 0 aromatic rings. The highest BCUT2D eigenvalue weighted by Crippen LogP contribution is 2.39. The lowest BCUT2D eigenvalue weighted by Gasteiger charge is -2.51. The van der Waals surface area contributed by atoms with E-state index in [0.29, 0.717) is 0 Å². The number of quaternary nitrogens is 1. The summed E-state index contributed by atoms with van der Waals surface area (Å²) < 4.78 is 28.8. The van der Waals surface area contributed by atoms with Gasteiger partial charge in [0.25, 0.3) is 0 Å². The third-order valence-corrected chi connectivity index (χ3v) is 6.88. The van der Waals surface area contributed by atoms with Gasteiger partial charge in [0.05, 0.1) is 13.2 Å². The third-order valence-electron chi connectivity index (χ3n) is 3.98. The summed E-state index contributed by atoms with van der Waals surface area (Å²) in [5.74, 6) is 0. The zero-order valence-corrected chi connectivity index (χ0v) is 10.7. The van der Waals surface area contributed by atoms with Crippen LogP contribution in [-0.2, 0) is 14.6 Å². The summed E-state index contributed by atoms with van der Waals surface area (Å²) in [6, 6.07) is 0.138. The highest BCUT2D eigenvalue weighted by atomic mass is 32.2. The molecule has 0 aliphatic carbocycles. The van der Waals surface area contributed by atoms with Crippen LogP contribution in [0.5, 0.6) is 0 Å². The topological polar surface area (TPSA) is 47.8 Å². The molecule has 0 saturated carbocycles. The van der Waals surface area contributed by atoms with Gasteiger partial charge in [-0.25, -0.2) is 8.42 Å². The van der Waals surface area contributed by atoms with Gasteiger partial charge in [0.15, 0.2) is 9.84 Å². The van der Waals surface area contributed by atoms with E-state index < -0.39 is 14.6 Å². The molecule has 2 rings (SSSR count). The predicted molar refractivity (Wildman–Crippen MR) is 62.3 cm³/mol. The van der Waals surface area contributed by atoms with Crippen LogP contribution in [0.15, 0.2) is 12.7 Å². The molecule has 4 nitrogen and oxygen atoms in total. The van der Waals surface area contributed by atoms with Crippen LogP contribution >= 0.6 is 0 Å². The van der Waals surface area contributed by atoms with Gasteiger partial charge in [-0.15, -0.1) is 6.58 Å². The minimum atomic E-state index is -3.03. The SMILES string of the molecule is C=C[C@H]1[C@H]([NH+]2CCOCC2)C(C)(C)S1(=O)=O. The summed E-state index contributed by atoms with van der Waals surface area (Å²) in [4.78, 5) is 1.34. The van der Waals surface area contributed by atoms with Crippen molar-refractivity contribution in [3.8, 4) is 0 Å². The van der Waals surface area contributed by atoms with Crippen molar-refractivity contribution >= 4 is 9.84 Å². The maximum Gasteiger partial charge on any atom is 0.173 e. The maximum absolute atomic E-state index is 12.0.